The van der Waals surface area contributed by atoms with Crippen LogP contribution in [0.2, 0.25) is 0 Å². The van der Waals surface area contributed by atoms with Crippen molar-refractivity contribution in [2.75, 3.05) is 0 Å². The van der Waals surface area contributed by atoms with Crippen molar-refractivity contribution >= 4 is 0 Å². The number of allylic oxidation sites excluding steroid dienone is 4. The Balaban J connectivity index is 1.93. The topological polar surface area (TPSA) is 0 Å². The van der Waals surface area contributed by atoms with Gasteiger partial charge in [0.25, 0.3) is 0 Å². The summed E-state index contributed by atoms with van der Waals surface area (Å²) in [6, 6.07) is 0. The molecule has 13 heavy (non-hydrogen) atoms. The normalized spacial score (nSPS) is 36.5. The number of hydrogen-bond acceptors (Lipinski definition) is 0. The first-order valence-electron chi connectivity index (χ1n) is 5.77. The lowest BCUT2D eigenvalue weighted by Gasteiger charge is -2.21. The van der Waals surface area contributed by atoms with Crippen LogP contribution in [0.1, 0.15) is 39.0 Å². The molecule has 0 heteroatoms. The first kappa shape index (κ1) is 9.05. The highest BCUT2D eigenvalue weighted by molar-refractivity contribution is 5.17. The summed E-state index contributed by atoms with van der Waals surface area (Å²) in [5.74, 6) is 2.76. The molecule has 3 atom stereocenters. The van der Waals surface area contributed by atoms with E-state index in [1.165, 1.54) is 32.1 Å². The second kappa shape index (κ2) is 4.13. The highest BCUT2D eigenvalue weighted by atomic mass is 14.4. The third-order valence-corrected chi connectivity index (χ3v) is 3.64. The quantitative estimate of drug-likeness (QED) is 0.611. The van der Waals surface area contributed by atoms with Crippen LogP contribution < -0.4 is 0 Å². The van der Waals surface area contributed by atoms with Gasteiger partial charge in [0.15, 0.2) is 0 Å². The summed E-state index contributed by atoms with van der Waals surface area (Å²) < 4.78 is 0. The fourth-order valence-electron chi connectivity index (χ4n) is 2.87. The summed E-state index contributed by atoms with van der Waals surface area (Å²) >= 11 is 0. The Morgan fingerprint density at radius 2 is 2.00 bits per heavy atom. The van der Waals surface area contributed by atoms with E-state index in [0.717, 1.165) is 17.8 Å². The first-order chi connectivity index (χ1) is 6.42. The van der Waals surface area contributed by atoms with E-state index in [9.17, 15) is 0 Å². The predicted molar refractivity (Wildman–Crippen MR) is 57.5 cm³/mol. The van der Waals surface area contributed by atoms with Crippen molar-refractivity contribution < 1.29 is 0 Å². The van der Waals surface area contributed by atoms with Crippen LogP contribution in [0.5, 0.6) is 0 Å². The van der Waals surface area contributed by atoms with Crippen molar-refractivity contribution in [2.24, 2.45) is 17.8 Å². The SMILES string of the molecule is CCCCC1CCC2C=CC=CC21. The molecule has 0 saturated heterocycles. The Morgan fingerprint density at radius 1 is 1.15 bits per heavy atom. The molecule has 0 heterocycles. The zero-order valence-corrected chi connectivity index (χ0v) is 8.58. The van der Waals surface area contributed by atoms with E-state index < -0.39 is 0 Å². The largest absolute Gasteiger partial charge is 0.0808 e. The Labute approximate surface area is 81.7 Å². The van der Waals surface area contributed by atoms with Gasteiger partial charge in [0.05, 0.1) is 0 Å². The molecule has 0 nitrogen and oxygen atoms in total. The zero-order chi connectivity index (χ0) is 9.10. The lowest BCUT2D eigenvalue weighted by atomic mass is 9.84. The standard InChI is InChI=1S/C13H20/c1-2-3-6-11-9-10-12-7-4-5-8-13(11)12/h4-5,7-8,11-13H,2-3,6,9-10H2,1H3. The van der Waals surface area contributed by atoms with E-state index in [4.69, 9.17) is 0 Å². The second-order valence-corrected chi connectivity index (χ2v) is 4.49. The van der Waals surface area contributed by atoms with E-state index in [1.54, 1.807) is 0 Å². The number of unbranched alkanes of at least 4 members (excludes halogenated alkanes) is 1. The predicted octanol–water partition coefficient (Wildman–Crippen LogP) is 3.95. The number of hydrogen-bond donors (Lipinski definition) is 0. The van der Waals surface area contributed by atoms with Gasteiger partial charge in [0.2, 0.25) is 0 Å². The van der Waals surface area contributed by atoms with Crippen molar-refractivity contribution in [2.45, 2.75) is 39.0 Å². The molecule has 2 aliphatic carbocycles. The minimum Gasteiger partial charge on any atom is -0.0808 e. The van der Waals surface area contributed by atoms with Gasteiger partial charge in [-0.15, -0.1) is 0 Å². The maximum atomic E-state index is 2.44. The van der Waals surface area contributed by atoms with Gasteiger partial charge in [-0.25, -0.2) is 0 Å². The lowest BCUT2D eigenvalue weighted by Crippen LogP contribution is -2.12. The molecule has 0 amide bonds. The molecule has 0 aliphatic heterocycles. The van der Waals surface area contributed by atoms with Crippen molar-refractivity contribution in [1.29, 1.82) is 0 Å². The highest BCUT2D eigenvalue weighted by Gasteiger charge is 2.32. The number of rotatable bonds is 3. The second-order valence-electron chi connectivity index (χ2n) is 4.49. The molecular formula is C13H20. The molecule has 0 aromatic carbocycles. The van der Waals surface area contributed by atoms with E-state index in [1.807, 2.05) is 0 Å². The Bertz CT molecular complexity index is 212. The van der Waals surface area contributed by atoms with E-state index in [2.05, 4.69) is 31.2 Å². The fourth-order valence-corrected chi connectivity index (χ4v) is 2.87. The van der Waals surface area contributed by atoms with Gasteiger partial charge in [-0.3, -0.25) is 0 Å². The molecule has 2 aliphatic rings. The molecule has 2 rings (SSSR count). The van der Waals surface area contributed by atoms with Gasteiger partial charge in [0.1, 0.15) is 0 Å². The third-order valence-electron chi connectivity index (χ3n) is 3.64. The van der Waals surface area contributed by atoms with Crippen molar-refractivity contribution in [3.63, 3.8) is 0 Å². The highest BCUT2D eigenvalue weighted by Crippen LogP contribution is 2.42. The smallest absolute Gasteiger partial charge is 0.0139 e. The molecule has 1 saturated carbocycles. The molecular weight excluding hydrogens is 156 g/mol. The molecule has 3 unspecified atom stereocenters. The average Bonchev–Trinajstić information content (AvgIpc) is 2.58. The van der Waals surface area contributed by atoms with E-state index in [0.29, 0.717) is 0 Å². The van der Waals surface area contributed by atoms with Crippen LogP contribution in [0.4, 0.5) is 0 Å². The van der Waals surface area contributed by atoms with Gasteiger partial charge in [-0.05, 0) is 37.0 Å². The summed E-state index contributed by atoms with van der Waals surface area (Å²) in [6.07, 6.45) is 16.4. The van der Waals surface area contributed by atoms with Crippen molar-refractivity contribution in [3.05, 3.63) is 24.3 Å². The molecule has 0 bridgehead atoms. The van der Waals surface area contributed by atoms with Crippen LogP contribution in [-0.2, 0) is 0 Å². The summed E-state index contributed by atoms with van der Waals surface area (Å²) in [4.78, 5) is 0. The van der Waals surface area contributed by atoms with Crippen LogP contribution >= 0.6 is 0 Å². The molecule has 0 aromatic heterocycles. The summed E-state index contributed by atoms with van der Waals surface area (Å²) in [5, 5.41) is 0. The first-order valence-corrected chi connectivity index (χ1v) is 5.77. The summed E-state index contributed by atoms with van der Waals surface area (Å²) in [7, 11) is 0. The molecule has 0 radical (unpaired) electrons. The minimum atomic E-state index is 0.881. The molecule has 72 valence electrons. The minimum absolute atomic E-state index is 0.881. The zero-order valence-electron chi connectivity index (χ0n) is 8.58. The third kappa shape index (κ3) is 1.87. The van der Waals surface area contributed by atoms with Crippen LogP contribution in [-0.4, -0.2) is 0 Å². The van der Waals surface area contributed by atoms with Gasteiger partial charge in [-0.1, -0.05) is 44.1 Å². The Morgan fingerprint density at radius 3 is 2.85 bits per heavy atom. The van der Waals surface area contributed by atoms with Crippen LogP contribution in [0.15, 0.2) is 24.3 Å². The monoisotopic (exact) mass is 176 g/mol. The maximum absolute atomic E-state index is 2.44. The van der Waals surface area contributed by atoms with E-state index >= 15 is 0 Å². The van der Waals surface area contributed by atoms with Crippen molar-refractivity contribution in [3.8, 4) is 0 Å². The van der Waals surface area contributed by atoms with Gasteiger partial charge in [-0.2, -0.15) is 0 Å². The van der Waals surface area contributed by atoms with Crippen molar-refractivity contribution in [1.82, 2.24) is 0 Å². The maximum Gasteiger partial charge on any atom is -0.0139 e. The Hall–Kier alpha value is -0.520. The van der Waals surface area contributed by atoms with Gasteiger partial charge < -0.3 is 0 Å². The van der Waals surface area contributed by atoms with Crippen LogP contribution in [0.25, 0.3) is 0 Å². The van der Waals surface area contributed by atoms with Gasteiger partial charge in [0, 0.05) is 0 Å². The van der Waals surface area contributed by atoms with Crippen LogP contribution in [0, 0.1) is 17.8 Å². The molecule has 1 fully saturated rings. The Kier molecular flexibility index (Phi) is 2.87. The molecule has 0 N–H and O–H groups in total. The number of fused-ring (bicyclic) bond motifs is 1. The fraction of sp³-hybridized carbons (Fsp3) is 0.692. The van der Waals surface area contributed by atoms with E-state index in [-0.39, 0.29) is 0 Å². The van der Waals surface area contributed by atoms with Crippen LogP contribution in [0.3, 0.4) is 0 Å². The lowest BCUT2D eigenvalue weighted by molar-refractivity contribution is 0.383. The van der Waals surface area contributed by atoms with Gasteiger partial charge >= 0.3 is 0 Å². The molecule has 0 spiro atoms. The molecule has 0 aromatic rings. The summed E-state index contributed by atoms with van der Waals surface area (Å²) in [6.45, 7) is 2.29. The summed E-state index contributed by atoms with van der Waals surface area (Å²) in [5.41, 5.74) is 0. The average molecular weight is 176 g/mol.